The Morgan fingerprint density at radius 3 is 1.14 bits per heavy atom. The van der Waals surface area contributed by atoms with Crippen LogP contribution in [0.15, 0.2) is 18.9 Å². The van der Waals surface area contributed by atoms with E-state index in [0.29, 0.717) is 0 Å². The molecule has 0 aliphatic heterocycles. The molecule has 0 aromatic rings. The molecule has 0 radical (unpaired) electrons. The molecule has 4 heteroatoms. The summed E-state index contributed by atoms with van der Waals surface area (Å²) < 4.78 is 0. The molecular formula is C3H4Cl3Pt. The Bertz CT molecular complexity index is 52.4. The number of hydrogen-bond acceptors (Lipinski definition) is 0. The summed E-state index contributed by atoms with van der Waals surface area (Å²) in [5.41, 5.74) is 2.25. The summed E-state index contributed by atoms with van der Waals surface area (Å²) in [7, 11) is 14.9. The average Bonchev–Trinajstić information content (AvgIpc) is 1.33. The van der Waals surface area contributed by atoms with Crippen LogP contribution in [0.4, 0.5) is 0 Å². The van der Waals surface area contributed by atoms with E-state index in [4.69, 9.17) is 28.3 Å². The van der Waals surface area contributed by atoms with E-state index in [0.717, 1.165) is 0 Å². The zero-order valence-corrected chi connectivity index (χ0v) is 7.90. The van der Waals surface area contributed by atoms with Gasteiger partial charge in [-0.2, -0.15) is 0 Å². The summed E-state index contributed by atoms with van der Waals surface area (Å²) in [6.45, 7) is 6.25. The van der Waals surface area contributed by atoms with Crippen molar-refractivity contribution in [1.29, 1.82) is 0 Å². The monoisotopic (exact) mass is 340 g/mol. The Morgan fingerprint density at radius 2 is 1.14 bits per heavy atom. The molecule has 7 heavy (non-hydrogen) atoms. The molecule has 0 amide bonds. The van der Waals surface area contributed by atoms with Crippen LogP contribution in [0.1, 0.15) is 0 Å². The summed E-state index contributed by atoms with van der Waals surface area (Å²) in [5, 5.41) is 0. The molecule has 0 bridgehead atoms. The van der Waals surface area contributed by atoms with Crippen LogP contribution in [-0.4, -0.2) is 0 Å². The molecule has 0 N–H and O–H groups in total. The van der Waals surface area contributed by atoms with Crippen molar-refractivity contribution in [3.05, 3.63) is 18.9 Å². The van der Waals surface area contributed by atoms with Crippen LogP contribution in [0.5, 0.6) is 0 Å². The first-order valence-corrected chi connectivity index (χ1v) is 9.51. The third-order valence-electron chi connectivity index (χ3n) is 0. The molecule has 0 rings (SSSR count). The first kappa shape index (κ1) is 11.0. The van der Waals surface area contributed by atoms with Crippen LogP contribution in [0.25, 0.3) is 0 Å². The quantitative estimate of drug-likeness (QED) is 0.594. The second-order valence-corrected chi connectivity index (χ2v) is 10.2. The van der Waals surface area contributed by atoms with E-state index in [1.807, 2.05) is 0 Å². The first-order valence-electron chi connectivity index (χ1n) is 1.07. The van der Waals surface area contributed by atoms with Crippen molar-refractivity contribution in [3.8, 4) is 0 Å². The van der Waals surface area contributed by atoms with Crippen LogP contribution in [0.3, 0.4) is 0 Å². The van der Waals surface area contributed by atoms with Gasteiger partial charge in [-0.3, -0.25) is 0 Å². The zero-order valence-electron chi connectivity index (χ0n) is 3.36. The van der Waals surface area contributed by atoms with Gasteiger partial charge in [-0.15, -0.1) is 5.73 Å². The summed E-state index contributed by atoms with van der Waals surface area (Å²) in [6.07, 6.45) is 0. The Labute approximate surface area is 61.1 Å². The summed E-state index contributed by atoms with van der Waals surface area (Å²) in [6, 6.07) is 0. The van der Waals surface area contributed by atoms with E-state index in [2.05, 4.69) is 18.9 Å². The van der Waals surface area contributed by atoms with Crippen LogP contribution in [0, 0.1) is 0 Å². The van der Waals surface area contributed by atoms with Crippen molar-refractivity contribution in [2.24, 2.45) is 0 Å². The van der Waals surface area contributed by atoms with Crippen molar-refractivity contribution < 1.29 is 14.2 Å². The van der Waals surface area contributed by atoms with Crippen molar-refractivity contribution in [3.63, 3.8) is 0 Å². The van der Waals surface area contributed by atoms with E-state index in [1.165, 1.54) is 0 Å². The maximum atomic E-state index is 4.96. The molecule has 0 heterocycles. The number of rotatable bonds is 0. The molecule has 0 aromatic heterocycles. The second-order valence-electron chi connectivity index (χ2n) is 0.386. The number of hydrogen-bond donors (Lipinski definition) is 0. The third-order valence-corrected chi connectivity index (χ3v) is 0. The van der Waals surface area contributed by atoms with Gasteiger partial charge in [0.2, 0.25) is 0 Å². The predicted octanol–water partition coefficient (Wildman–Crippen LogP) is 3.02. The van der Waals surface area contributed by atoms with Gasteiger partial charge in [-0.1, -0.05) is 13.2 Å². The Balaban J connectivity index is 0. The number of halogens is 3. The fraction of sp³-hybridized carbons (Fsp3) is 0. The molecule has 0 atom stereocenters. The topological polar surface area (TPSA) is 0 Å². The van der Waals surface area contributed by atoms with Crippen molar-refractivity contribution in [2.75, 3.05) is 0 Å². The van der Waals surface area contributed by atoms with Crippen molar-refractivity contribution >= 4 is 28.3 Å². The normalized spacial score (nSPS) is 7.57. The van der Waals surface area contributed by atoms with E-state index < -0.39 is 14.2 Å². The summed E-state index contributed by atoms with van der Waals surface area (Å²) >= 11 is -1.85. The van der Waals surface area contributed by atoms with Crippen LogP contribution in [-0.2, 0) is 14.2 Å². The summed E-state index contributed by atoms with van der Waals surface area (Å²) in [4.78, 5) is 0. The van der Waals surface area contributed by atoms with Crippen LogP contribution >= 0.6 is 28.3 Å². The van der Waals surface area contributed by atoms with Gasteiger partial charge in [0.05, 0.1) is 0 Å². The van der Waals surface area contributed by atoms with Gasteiger partial charge in [0.15, 0.2) is 0 Å². The SMILES string of the molecule is C=C=C.[Cl][Pt]([Cl])[Cl]. The van der Waals surface area contributed by atoms with E-state index in [1.54, 1.807) is 0 Å². The minimum atomic E-state index is -1.85. The van der Waals surface area contributed by atoms with E-state index >= 15 is 0 Å². The van der Waals surface area contributed by atoms with Crippen LogP contribution in [0.2, 0.25) is 0 Å². The first-order chi connectivity index (χ1) is 3.15. The van der Waals surface area contributed by atoms with Gasteiger partial charge in [0.1, 0.15) is 0 Å². The second kappa shape index (κ2) is 10.1. The third kappa shape index (κ3) is 157. The molecule has 0 unspecified atom stereocenters. The van der Waals surface area contributed by atoms with E-state index in [9.17, 15) is 0 Å². The fourth-order valence-electron chi connectivity index (χ4n) is 0. The molecular weight excluding hydrogens is 337 g/mol. The fourth-order valence-corrected chi connectivity index (χ4v) is 0. The Kier molecular flexibility index (Phi) is 15.9. The van der Waals surface area contributed by atoms with Gasteiger partial charge < -0.3 is 0 Å². The van der Waals surface area contributed by atoms with Gasteiger partial charge >= 0.3 is 42.4 Å². The van der Waals surface area contributed by atoms with Crippen molar-refractivity contribution in [1.82, 2.24) is 0 Å². The van der Waals surface area contributed by atoms with Gasteiger partial charge in [0.25, 0.3) is 0 Å². The molecule has 0 spiro atoms. The van der Waals surface area contributed by atoms with E-state index in [-0.39, 0.29) is 0 Å². The molecule has 0 saturated carbocycles. The zero-order chi connectivity index (χ0) is 6.28. The summed E-state index contributed by atoms with van der Waals surface area (Å²) in [5.74, 6) is 0. The molecule has 0 aliphatic rings. The molecule has 47 valence electrons. The van der Waals surface area contributed by atoms with Gasteiger partial charge in [0, 0.05) is 0 Å². The standard InChI is InChI=1S/C3H4.3ClH.Pt/c1-3-2;;;;/h1-2H2;3*1H;/q;;;;+3/p-3. The molecule has 0 nitrogen and oxygen atoms in total. The molecule has 0 fully saturated rings. The Morgan fingerprint density at radius 1 is 1.14 bits per heavy atom. The Hall–Kier alpha value is 1.08. The molecule has 0 aliphatic carbocycles. The van der Waals surface area contributed by atoms with Crippen molar-refractivity contribution in [2.45, 2.75) is 0 Å². The predicted molar refractivity (Wildman–Crippen MR) is 32.3 cm³/mol. The van der Waals surface area contributed by atoms with Gasteiger partial charge in [-0.05, 0) is 0 Å². The average molecular weight is 342 g/mol. The van der Waals surface area contributed by atoms with Gasteiger partial charge in [-0.25, -0.2) is 0 Å². The maximum absolute atomic E-state index is 4.96. The van der Waals surface area contributed by atoms with Crippen LogP contribution < -0.4 is 0 Å². The molecule has 0 saturated heterocycles. The molecule has 0 aromatic carbocycles. The minimum absolute atomic E-state index is 1.85.